The molecule has 8 heteroatoms. The fourth-order valence-corrected chi connectivity index (χ4v) is 4.47. The van der Waals surface area contributed by atoms with E-state index in [9.17, 15) is 18.5 Å². The Hall–Kier alpha value is -4.22. The number of aromatic nitrogens is 2. The molecule has 0 saturated carbocycles. The number of benzene rings is 2. The fraction of sp³-hybridized carbons (Fsp3) is 0.0800. The van der Waals surface area contributed by atoms with Crippen LogP contribution in [0, 0.1) is 25.2 Å². The Morgan fingerprint density at radius 2 is 1.82 bits per heavy atom. The van der Waals surface area contributed by atoms with Crippen molar-refractivity contribution in [1.82, 2.24) is 9.38 Å². The zero-order chi connectivity index (χ0) is 23.6. The van der Waals surface area contributed by atoms with Gasteiger partial charge in [-0.2, -0.15) is 10.2 Å². The maximum atomic E-state index is 13.4. The van der Waals surface area contributed by atoms with Crippen LogP contribution in [0.2, 0.25) is 0 Å². The van der Waals surface area contributed by atoms with Gasteiger partial charge in [0, 0.05) is 6.20 Å². The second-order valence-corrected chi connectivity index (χ2v) is 9.29. The van der Waals surface area contributed by atoms with Gasteiger partial charge in [0.1, 0.15) is 27.9 Å². The van der Waals surface area contributed by atoms with Crippen LogP contribution in [-0.2, 0) is 9.84 Å². The van der Waals surface area contributed by atoms with Crippen molar-refractivity contribution in [2.75, 3.05) is 0 Å². The highest BCUT2D eigenvalue weighted by molar-refractivity contribution is 7.95. The summed E-state index contributed by atoms with van der Waals surface area (Å²) in [7, 11) is -4.16. The Balaban J connectivity index is 1.98. The number of hydrogen-bond acceptors (Lipinski definition) is 6. The summed E-state index contributed by atoms with van der Waals surface area (Å²) in [6.07, 6.45) is 2.56. The van der Waals surface area contributed by atoms with Crippen LogP contribution in [0.25, 0.3) is 11.7 Å². The van der Waals surface area contributed by atoms with Gasteiger partial charge < -0.3 is 4.74 Å². The number of sulfone groups is 1. The molecule has 7 nitrogen and oxygen atoms in total. The molecule has 0 bridgehead atoms. The van der Waals surface area contributed by atoms with Crippen molar-refractivity contribution in [1.29, 1.82) is 5.26 Å². The quantitative estimate of drug-likeness (QED) is 0.411. The van der Waals surface area contributed by atoms with Crippen molar-refractivity contribution in [3.05, 3.63) is 105 Å². The van der Waals surface area contributed by atoms with Crippen LogP contribution in [0.1, 0.15) is 16.7 Å². The molecule has 0 aliphatic heterocycles. The third kappa shape index (κ3) is 4.27. The molecule has 0 N–H and O–H groups in total. The first-order valence-corrected chi connectivity index (χ1v) is 11.5. The summed E-state index contributed by atoms with van der Waals surface area (Å²) >= 11 is 0. The summed E-state index contributed by atoms with van der Waals surface area (Å²) in [4.78, 5) is 17.2. The molecule has 0 aliphatic rings. The van der Waals surface area contributed by atoms with Gasteiger partial charge in [0.05, 0.1) is 4.90 Å². The van der Waals surface area contributed by atoms with Crippen molar-refractivity contribution in [3.8, 4) is 17.7 Å². The number of allylic oxidation sites excluding steroid dienone is 1. The molecule has 4 aromatic rings. The molecule has 0 unspecified atom stereocenters. The summed E-state index contributed by atoms with van der Waals surface area (Å²) in [5.74, 6) is 0.342. The fourth-order valence-electron chi connectivity index (χ4n) is 3.31. The van der Waals surface area contributed by atoms with Crippen molar-refractivity contribution < 1.29 is 13.2 Å². The second-order valence-electron chi connectivity index (χ2n) is 7.38. The van der Waals surface area contributed by atoms with Gasteiger partial charge in [0.15, 0.2) is 0 Å². The summed E-state index contributed by atoms with van der Waals surface area (Å²) in [5.41, 5.74) is 1.34. The van der Waals surface area contributed by atoms with Gasteiger partial charge in [0.2, 0.25) is 15.7 Å². The SMILES string of the molecule is Cc1cccc(Oc2nc3c(C)cccn3c(=O)c2C=C(C#N)S(=O)(=O)c2ccccc2)c1. The number of nitriles is 1. The number of aryl methyl sites for hydroxylation is 2. The molecule has 164 valence electrons. The molecule has 4 rings (SSSR count). The molecule has 0 spiro atoms. The van der Waals surface area contributed by atoms with Crippen molar-refractivity contribution in [3.63, 3.8) is 0 Å². The number of fused-ring (bicyclic) bond motifs is 1. The largest absolute Gasteiger partial charge is 0.438 e. The third-order valence-corrected chi connectivity index (χ3v) is 6.66. The van der Waals surface area contributed by atoms with E-state index < -0.39 is 20.3 Å². The van der Waals surface area contributed by atoms with Crippen LogP contribution in [0.15, 0.2) is 87.5 Å². The number of rotatable bonds is 5. The lowest BCUT2D eigenvalue weighted by Crippen LogP contribution is -2.20. The van der Waals surface area contributed by atoms with Gasteiger partial charge in [-0.15, -0.1) is 0 Å². The molecular formula is C25H19N3O4S. The normalized spacial score (nSPS) is 11.8. The number of pyridine rings is 1. The standard InChI is InChI=1S/C25H19N3O4S/c1-17-8-6-10-19(14-17)32-24-22(25(29)28-13-7-9-18(2)23(28)27-24)15-21(16-26)33(30,31)20-11-4-3-5-12-20/h3-15H,1-2H3. The Bertz CT molecular complexity index is 1600. The summed E-state index contributed by atoms with van der Waals surface area (Å²) < 4.78 is 33.3. The Kier molecular flexibility index (Phi) is 5.82. The average molecular weight is 458 g/mol. The molecule has 2 aromatic carbocycles. The van der Waals surface area contributed by atoms with Crippen LogP contribution in [-0.4, -0.2) is 17.8 Å². The predicted molar refractivity (Wildman–Crippen MR) is 125 cm³/mol. The Morgan fingerprint density at radius 3 is 2.52 bits per heavy atom. The number of hydrogen-bond donors (Lipinski definition) is 0. The molecular weight excluding hydrogens is 438 g/mol. The van der Waals surface area contributed by atoms with Crippen LogP contribution in [0.4, 0.5) is 0 Å². The molecule has 0 saturated heterocycles. The maximum Gasteiger partial charge on any atom is 0.269 e. The molecule has 2 aromatic heterocycles. The highest BCUT2D eigenvalue weighted by Gasteiger charge is 2.23. The molecule has 0 aliphatic carbocycles. The summed E-state index contributed by atoms with van der Waals surface area (Å²) in [6.45, 7) is 3.69. The highest BCUT2D eigenvalue weighted by Crippen LogP contribution is 2.27. The van der Waals surface area contributed by atoms with Crippen LogP contribution < -0.4 is 10.3 Å². The molecule has 33 heavy (non-hydrogen) atoms. The first kappa shape index (κ1) is 22.0. The van der Waals surface area contributed by atoms with Crippen LogP contribution in [0.5, 0.6) is 11.6 Å². The van der Waals surface area contributed by atoms with Gasteiger partial charge in [0.25, 0.3) is 5.56 Å². The lowest BCUT2D eigenvalue weighted by molar-refractivity contribution is 0.460. The number of nitrogens with zero attached hydrogens (tertiary/aromatic N) is 3. The van der Waals surface area contributed by atoms with Crippen LogP contribution in [0.3, 0.4) is 0 Å². The van der Waals surface area contributed by atoms with E-state index in [0.717, 1.165) is 17.2 Å². The second kappa shape index (κ2) is 8.73. The van der Waals surface area contributed by atoms with Gasteiger partial charge in [-0.1, -0.05) is 36.4 Å². The van der Waals surface area contributed by atoms with Gasteiger partial charge in [-0.25, -0.2) is 8.42 Å². The molecule has 0 atom stereocenters. The highest BCUT2D eigenvalue weighted by atomic mass is 32.2. The minimum absolute atomic E-state index is 0.0522. The monoisotopic (exact) mass is 457 g/mol. The van der Waals surface area contributed by atoms with Crippen LogP contribution >= 0.6 is 0 Å². The lowest BCUT2D eigenvalue weighted by atomic mass is 10.2. The molecule has 0 radical (unpaired) electrons. The summed E-state index contributed by atoms with van der Waals surface area (Å²) in [6, 6.07) is 19.9. The Morgan fingerprint density at radius 1 is 1.06 bits per heavy atom. The van der Waals surface area contributed by atoms with E-state index in [1.54, 1.807) is 61.5 Å². The Labute approximate surface area is 190 Å². The van der Waals surface area contributed by atoms with Crippen molar-refractivity contribution >= 4 is 21.6 Å². The van der Waals surface area contributed by atoms with Gasteiger partial charge in [-0.05, 0) is 61.4 Å². The zero-order valence-corrected chi connectivity index (χ0v) is 18.7. The predicted octanol–water partition coefficient (Wildman–Crippen LogP) is 4.44. The maximum absolute atomic E-state index is 13.4. The molecule has 0 fully saturated rings. The van der Waals surface area contributed by atoms with E-state index in [1.807, 2.05) is 13.0 Å². The van der Waals surface area contributed by atoms with E-state index in [-0.39, 0.29) is 16.3 Å². The van der Waals surface area contributed by atoms with Crippen molar-refractivity contribution in [2.45, 2.75) is 18.7 Å². The average Bonchev–Trinajstić information content (AvgIpc) is 2.80. The van der Waals surface area contributed by atoms with E-state index >= 15 is 0 Å². The van der Waals surface area contributed by atoms with E-state index in [0.29, 0.717) is 11.4 Å². The van der Waals surface area contributed by atoms with E-state index in [4.69, 9.17) is 4.74 Å². The van der Waals surface area contributed by atoms with E-state index in [2.05, 4.69) is 4.98 Å². The minimum atomic E-state index is -4.16. The molecule has 0 amide bonds. The topological polar surface area (TPSA) is 102 Å². The summed E-state index contributed by atoms with van der Waals surface area (Å²) in [5, 5.41) is 9.68. The van der Waals surface area contributed by atoms with Crippen molar-refractivity contribution in [2.24, 2.45) is 0 Å². The lowest BCUT2D eigenvalue weighted by Gasteiger charge is -2.12. The smallest absolute Gasteiger partial charge is 0.269 e. The first-order chi connectivity index (χ1) is 15.8. The van der Waals surface area contributed by atoms with E-state index in [1.165, 1.54) is 22.7 Å². The van der Waals surface area contributed by atoms with Gasteiger partial charge >= 0.3 is 0 Å². The minimum Gasteiger partial charge on any atom is -0.438 e. The molecule has 2 heterocycles. The van der Waals surface area contributed by atoms with Gasteiger partial charge in [-0.3, -0.25) is 9.20 Å². The number of ether oxygens (including phenoxy) is 1. The zero-order valence-electron chi connectivity index (χ0n) is 17.9. The first-order valence-electron chi connectivity index (χ1n) is 9.99. The third-order valence-electron chi connectivity index (χ3n) is 4.98.